The lowest BCUT2D eigenvalue weighted by atomic mass is 9.93. The Kier molecular flexibility index (Phi) is 11.9. The van der Waals surface area contributed by atoms with Gasteiger partial charge < -0.3 is 15.7 Å². The summed E-state index contributed by atoms with van der Waals surface area (Å²) in [4.78, 5) is 5.83. The Morgan fingerprint density at radius 3 is 2.40 bits per heavy atom. The fourth-order valence-corrected chi connectivity index (χ4v) is 3.39. The van der Waals surface area contributed by atoms with Crippen LogP contribution in [0.3, 0.4) is 0 Å². The summed E-state index contributed by atoms with van der Waals surface area (Å²) in [6.07, 6.45) is -2.60. The van der Waals surface area contributed by atoms with Crippen LogP contribution >= 0.6 is 24.0 Å². The van der Waals surface area contributed by atoms with Crippen LogP contribution in [0, 0.1) is 11.7 Å². The molecule has 5 nitrogen and oxygen atoms in total. The van der Waals surface area contributed by atoms with E-state index in [1.807, 2.05) is 6.92 Å². The monoisotopic (exact) mass is 546 g/mol. The molecular weight excluding hydrogens is 515 g/mol. The fourth-order valence-electron chi connectivity index (χ4n) is 3.39. The van der Waals surface area contributed by atoms with Gasteiger partial charge in [-0.1, -0.05) is 12.1 Å². The number of halogens is 5. The number of hydrogen-bond donors (Lipinski definition) is 3. The number of aliphatic hydroxyl groups is 1. The quantitative estimate of drug-likeness (QED) is 0.202. The van der Waals surface area contributed by atoms with Gasteiger partial charge in [0.2, 0.25) is 0 Å². The molecule has 1 aliphatic heterocycles. The van der Waals surface area contributed by atoms with Crippen LogP contribution in [0.1, 0.15) is 37.9 Å². The Labute approximate surface area is 192 Å². The standard InChI is InChI=1S/C20H30F4N4O.HI/c1-2-25-19(27-13-18(29)16-3-5-17(21)6-4-16)26-10-7-15-8-11-28(12-9-15)14-20(22,23)24;/h3-6,15,18,29H,2,7-14H2,1H3,(H2,25,26,27);1H. The van der Waals surface area contributed by atoms with Crippen molar-refractivity contribution < 1.29 is 22.7 Å². The van der Waals surface area contributed by atoms with E-state index in [-0.39, 0.29) is 36.3 Å². The summed E-state index contributed by atoms with van der Waals surface area (Å²) in [6, 6.07) is 5.65. The molecule has 0 amide bonds. The molecular formula is C20H31F4IN4O. The van der Waals surface area contributed by atoms with Gasteiger partial charge in [0.25, 0.3) is 0 Å². The second kappa shape index (κ2) is 13.3. The number of alkyl halides is 3. The van der Waals surface area contributed by atoms with Crippen molar-refractivity contribution in [2.24, 2.45) is 10.9 Å². The second-order valence-corrected chi connectivity index (χ2v) is 7.34. The summed E-state index contributed by atoms with van der Waals surface area (Å²) in [5.74, 6) is 0.603. The summed E-state index contributed by atoms with van der Waals surface area (Å²) >= 11 is 0. The largest absolute Gasteiger partial charge is 0.401 e. The van der Waals surface area contributed by atoms with Gasteiger partial charge in [0, 0.05) is 13.1 Å². The molecule has 1 atom stereocenters. The first kappa shape index (κ1) is 26.9. The van der Waals surface area contributed by atoms with E-state index in [9.17, 15) is 22.7 Å². The number of hydrogen-bond acceptors (Lipinski definition) is 3. The van der Waals surface area contributed by atoms with E-state index in [4.69, 9.17) is 0 Å². The Balaban J connectivity index is 0.00000450. The van der Waals surface area contributed by atoms with E-state index in [0.717, 1.165) is 19.3 Å². The summed E-state index contributed by atoms with van der Waals surface area (Å²) in [6.45, 7) is 3.51. The Morgan fingerprint density at radius 1 is 1.20 bits per heavy atom. The number of nitrogens with zero attached hydrogens (tertiary/aromatic N) is 2. The van der Waals surface area contributed by atoms with Crippen molar-refractivity contribution in [2.75, 3.05) is 39.3 Å². The number of piperidine rings is 1. The van der Waals surface area contributed by atoms with Gasteiger partial charge in [0.15, 0.2) is 5.96 Å². The van der Waals surface area contributed by atoms with E-state index < -0.39 is 18.8 Å². The molecule has 1 fully saturated rings. The van der Waals surface area contributed by atoms with E-state index in [2.05, 4.69) is 15.6 Å². The molecule has 0 aliphatic carbocycles. The molecule has 1 aliphatic rings. The smallest absolute Gasteiger partial charge is 0.386 e. The van der Waals surface area contributed by atoms with Crippen molar-refractivity contribution >= 4 is 29.9 Å². The highest BCUT2D eigenvalue weighted by Gasteiger charge is 2.32. The molecule has 2 rings (SSSR count). The first-order chi connectivity index (χ1) is 13.8. The van der Waals surface area contributed by atoms with E-state index in [1.54, 1.807) is 0 Å². The third kappa shape index (κ3) is 10.3. The van der Waals surface area contributed by atoms with Gasteiger partial charge in [-0.25, -0.2) is 4.39 Å². The van der Waals surface area contributed by atoms with Gasteiger partial charge in [-0.15, -0.1) is 24.0 Å². The first-order valence-corrected chi connectivity index (χ1v) is 10.0. The lowest BCUT2D eigenvalue weighted by Crippen LogP contribution is -2.41. The summed E-state index contributed by atoms with van der Waals surface area (Å²) in [7, 11) is 0. The van der Waals surface area contributed by atoms with Crippen LogP contribution in [0.5, 0.6) is 0 Å². The average Bonchev–Trinajstić information content (AvgIpc) is 2.66. The average molecular weight is 546 g/mol. The van der Waals surface area contributed by atoms with E-state index >= 15 is 0 Å². The van der Waals surface area contributed by atoms with Crippen LogP contribution in [0.2, 0.25) is 0 Å². The molecule has 3 N–H and O–H groups in total. The third-order valence-corrected chi connectivity index (χ3v) is 4.98. The van der Waals surface area contributed by atoms with Gasteiger partial charge in [-0.3, -0.25) is 9.89 Å². The molecule has 1 aromatic carbocycles. The van der Waals surface area contributed by atoms with Crippen LogP contribution in [-0.2, 0) is 0 Å². The molecule has 172 valence electrons. The van der Waals surface area contributed by atoms with Gasteiger partial charge in [0.1, 0.15) is 5.82 Å². The number of nitrogens with one attached hydrogen (secondary N) is 2. The molecule has 30 heavy (non-hydrogen) atoms. The molecule has 1 unspecified atom stereocenters. The SMILES string of the molecule is CCNC(=NCC(O)c1ccc(F)cc1)NCCC1CCN(CC(F)(F)F)CC1.I. The molecule has 0 radical (unpaired) electrons. The maximum atomic E-state index is 13.0. The third-order valence-electron chi connectivity index (χ3n) is 4.98. The van der Waals surface area contributed by atoms with E-state index in [1.165, 1.54) is 29.2 Å². The van der Waals surface area contributed by atoms with Crippen molar-refractivity contribution in [3.8, 4) is 0 Å². The number of benzene rings is 1. The molecule has 10 heteroatoms. The van der Waals surface area contributed by atoms with E-state index in [0.29, 0.717) is 43.6 Å². The van der Waals surface area contributed by atoms with Crippen molar-refractivity contribution in [2.45, 2.75) is 38.5 Å². The first-order valence-electron chi connectivity index (χ1n) is 10.0. The zero-order valence-corrected chi connectivity index (χ0v) is 19.4. The fraction of sp³-hybridized carbons (Fsp3) is 0.650. The van der Waals surface area contributed by atoms with Crippen molar-refractivity contribution in [1.82, 2.24) is 15.5 Å². The molecule has 1 saturated heterocycles. The Morgan fingerprint density at radius 2 is 1.83 bits per heavy atom. The van der Waals surface area contributed by atoms with Crippen LogP contribution in [0.25, 0.3) is 0 Å². The molecule has 0 spiro atoms. The van der Waals surface area contributed by atoms with Crippen LogP contribution in [0.4, 0.5) is 17.6 Å². The van der Waals surface area contributed by atoms with Crippen LogP contribution < -0.4 is 10.6 Å². The van der Waals surface area contributed by atoms with Crippen molar-refractivity contribution in [3.05, 3.63) is 35.6 Å². The van der Waals surface area contributed by atoms with Crippen LogP contribution in [-0.4, -0.2) is 61.4 Å². The zero-order valence-electron chi connectivity index (χ0n) is 17.1. The predicted molar refractivity (Wildman–Crippen MR) is 121 cm³/mol. The van der Waals surface area contributed by atoms with Crippen molar-refractivity contribution in [1.29, 1.82) is 0 Å². The number of guanidine groups is 1. The Hall–Kier alpha value is -1.14. The normalized spacial score (nSPS) is 17.3. The van der Waals surface area contributed by atoms with Gasteiger partial charge in [0.05, 0.1) is 19.2 Å². The molecule has 0 aromatic heterocycles. The highest BCUT2D eigenvalue weighted by molar-refractivity contribution is 14.0. The highest BCUT2D eigenvalue weighted by atomic mass is 127. The van der Waals surface area contributed by atoms with Gasteiger partial charge in [-0.2, -0.15) is 13.2 Å². The number of aliphatic hydroxyl groups excluding tert-OH is 1. The topological polar surface area (TPSA) is 59.9 Å². The zero-order chi connectivity index (χ0) is 21.3. The summed E-state index contributed by atoms with van der Waals surface area (Å²) in [5.41, 5.74) is 0.594. The number of aliphatic imine (C=N–C) groups is 1. The number of rotatable bonds is 8. The molecule has 0 saturated carbocycles. The van der Waals surface area contributed by atoms with Gasteiger partial charge >= 0.3 is 6.18 Å². The molecule has 1 heterocycles. The minimum atomic E-state index is -4.13. The molecule has 1 aromatic rings. The Bertz CT molecular complexity index is 635. The minimum absolute atomic E-state index is 0. The maximum absolute atomic E-state index is 13.0. The number of likely N-dealkylation sites (tertiary alicyclic amines) is 1. The lowest BCUT2D eigenvalue weighted by Gasteiger charge is -2.32. The van der Waals surface area contributed by atoms with Gasteiger partial charge in [-0.05, 0) is 62.9 Å². The van der Waals surface area contributed by atoms with Crippen molar-refractivity contribution in [3.63, 3.8) is 0 Å². The molecule has 0 bridgehead atoms. The minimum Gasteiger partial charge on any atom is -0.386 e. The highest BCUT2D eigenvalue weighted by Crippen LogP contribution is 2.24. The lowest BCUT2D eigenvalue weighted by molar-refractivity contribution is -0.148. The van der Waals surface area contributed by atoms with Crippen LogP contribution in [0.15, 0.2) is 29.3 Å². The summed E-state index contributed by atoms with van der Waals surface area (Å²) in [5, 5.41) is 16.5. The summed E-state index contributed by atoms with van der Waals surface area (Å²) < 4.78 is 50.3. The second-order valence-electron chi connectivity index (χ2n) is 7.34. The maximum Gasteiger partial charge on any atom is 0.401 e. The predicted octanol–water partition coefficient (Wildman–Crippen LogP) is 3.70.